The van der Waals surface area contributed by atoms with Crippen LogP contribution in [0.1, 0.15) is 30.9 Å². The maximum absolute atomic E-state index is 12.1. The number of aromatic nitrogens is 1. The first-order chi connectivity index (χ1) is 16.5. The van der Waals surface area contributed by atoms with Crippen LogP contribution >= 0.6 is 34.7 Å². The third kappa shape index (κ3) is 6.04. The highest BCUT2D eigenvalue weighted by Gasteiger charge is 2.34. The van der Waals surface area contributed by atoms with Gasteiger partial charge in [-0.15, -0.1) is 11.8 Å². The van der Waals surface area contributed by atoms with E-state index in [9.17, 15) is 9.90 Å². The van der Waals surface area contributed by atoms with Crippen molar-refractivity contribution in [2.45, 2.75) is 30.2 Å². The minimum absolute atomic E-state index is 0.103. The van der Waals surface area contributed by atoms with Crippen molar-refractivity contribution in [1.82, 2.24) is 9.88 Å². The summed E-state index contributed by atoms with van der Waals surface area (Å²) in [5.74, 6) is 0.698. The second-order valence-electron chi connectivity index (χ2n) is 8.69. The van der Waals surface area contributed by atoms with Crippen molar-refractivity contribution in [3.8, 4) is 5.75 Å². The lowest BCUT2D eigenvalue weighted by Crippen LogP contribution is -2.44. The van der Waals surface area contributed by atoms with Gasteiger partial charge in [0.15, 0.2) is 0 Å². The highest BCUT2D eigenvalue weighted by molar-refractivity contribution is 7.99. The Morgan fingerprint density at radius 2 is 2.29 bits per heavy atom. The Balaban J connectivity index is 1.38. The van der Waals surface area contributed by atoms with Gasteiger partial charge < -0.3 is 20.5 Å². The van der Waals surface area contributed by atoms with E-state index >= 15 is 0 Å². The number of piperidine rings is 1. The number of pyridine rings is 1. The number of nitrogens with zero attached hydrogens (tertiary/aromatic N) is 2. The van der Waals surface area contributed by atoms with Crippen LogP contribution in [-0.4, -0.2) is 53.5 Å². The summed E-state index contributed by atoms with van der Waals surface area (Å²) >= 11 is 10.0. The number of carbonyl (C=O) groups is 1. The zero-order valence-electron chi connectivity index (χ0n) is 19.2. The average Bonchev–Trinajstić information content (AvgIpc) is 3.36. The Labute approximate surface area is 213 Å². The summed E-state index contributed by atoms with van der Waals surface area (Å²) in [6.45, 7) is 2.41. The number of rotatable bonds is 10. The lowest BCUT2D eigenvalue weighted by molar-refractivity contribution is -0.146. The number of thioether (sulfide) groups is 1. The Morgan fingerprint density at radius 3 is 3.03 bits per heavy atom. The Morgan fingerprint density at radius 1 is 1.44 bits per heavy atom. The molecular formula is C25H30ClN3O3S2. The standard InChI is InChI=1S/C25H30ClN3O3S2/c1-32-17-3-5-23-19(12-17)24(21(26)13-28-23)22(27)4-2-16-6-8-29(14-20(16)25(30)31)9-11-34-18-7-10-33-15-18/h3,5,7,10,12-13,15-16,20,22H,2,4,6,8-9,11,14,27H2,1H3,(H,30,31). The molecule has 3 atom stereocenters. The monoisotopic (exact) mass is 519 g/mol. The first-order valence-corrected chi connectivity index (χ1v) is 13.7. The van der Waals surface area contributed by atoms with Gasteiger partial charge in [-0.05, 0) is 66.9 Å². The fraction of sp³-hybridized carbons (Fsp3) is 0.440. The second kappa shape index (κ2) is 11.7. The SMILES string of the molecule is COc1ccc2ncc(Cl)c(C(N)CCC3CCN(CCSc4ccsc4)CC3C(=O)O)c2c1. The zero-order chi connectivity index (χ0) is 24.1. The van der Waals surface area contributed by atoms with E-state index < -0.39 is 5.97 Å². The van der Waals surface area contributed by atoms with Crippen LogP contribution in [0.4, 0.5) is 0 Å². The fourth-order valence-corrected chi connectivity index (χ4v) is 6.81. The van der Waals surface area contributed by atoms with Gasteiger partial charge in [0.25, 0.3) is 0 Å². The molecule has 3 unspecified atom stereocenters. The molecule has 0 bridgehead atoms. The molecule has 0 spiro atoms. The first-order valence-electron chi connectivity index (χ1n) is 11.4. The maximum atomic E-state index is 12.1. The van der Waals surface area contributed by atoms with Gasteiger partial charge in [-0.3, -0.25) is 9.78 Å². The van der Waals surface area contributed by atoms with E-state index in [0.29, 0.717) is 18.0 Å². The molecule has 1 aromatic carbocycles. The van der Waals surface area contributed by atoms with Gasteiger partial charge >= 0.3 is 5.97 Å². The van der Waals surface area contributed by atoms with Crippen molar-refractivity contribution in [1.29, 1.82) is 0 Å². The number of methoxy groups -OCH3 is 1. The van der Waals surface area contributed by atoms with E-state index in [-0.39, 0.29) is 17.9 Å². The van der Waals surface area contributed by atoms with Crippen molar-refractivity contribution in [2.24, 2.45) is 17.6 Å². The third-order valence-corrected chi connectivity index (χ3v) is 8.72. The Hall–Kier alpha value is -1.84. The van der Waals surface area contributed by atoms with Gasteiger partial charge in [0.1, 0.15) is 5.75 Å². The molecule has 0 amide bonds. The molecule has 6 nitrogen and oxygen atoms in total. The number of likely N-dealkylation sites (tertiary alicyclic amines) is 1. The van der Waals surface area contributed by atoms with Gasteiger partial charge in [0.05, 0.1) is 23.6 Å². The van der Waals surface area contributed by atoms with Crippen LogP contribution in [0.3, 0.4) is 0 Å². The first kappa shape index (κ1) is 25.3. The quantitative estimate of drug-likeness (QED) is 0.339. The number of halogens is 1. The molecule has 0 saturated carbocycles. The van der Waals surface area contributed by atoms with Gasteiger partial charge in [0.2, 0.25) is 0 Å². The van der Waals surface area contributed by atoms with Crippen molar-refractivity contribution in [3.05, 3.63) is 51.8 Å². The smallest absolute Gasteiger partial charge is 0.308 e. The highest BCUT2D eigenvalue weighted by atomic mass is 35.5. The van der Waals surface area contributed by atoms with Crippen LogP contribution in [0.2, 0.25) is 5.02 Å². The summed E-state index contributed by atoms with van der Waals surface area (Å²) in [6.07, 6.45) is 3.92. The summed E-state index contributed by atoms with van der Waals surface area (Å²) in [6, 6.07) is 7.49. The topological polar surface area (TPSA) is 88.7 Å². The largest absolute Gasteiger partial charge is 0.497 e. The minimum Gasteiger partial charge on any atom is -0.497 e. The van der Waals surface area contributed by atoms with E-state index in [1.165, 1.54) is 4.90 Å². The van der Waals surface area contributed by atoms with Gasteiger partial charge in [-0.2, -0.15) is 11.3 Å². The Bertz CT molecular complexity index is 1110. The molecule has 1 fully saturated rings. The molecule has 1 aliphatic rings. The number of benzene rings is 1. The predicted octanol–water partition coefficient (Wildman–Crippen LogP) is 5.55. The molecule has 1 aliphatic heterocycles. The summed E-state index contributed by atoms with van der Waals surface area (Å²) in [5.41, 5.74) is 8.28. The predicted molar refractivity (Wildman–Crippen MR) is 140 cm³/mol. The van der Waals surface area contributed by atoms with Crippen LogP contribution < -0.4 is 10.5 Å². The van der Waals surface area contributed by atoms with E-state index in [2.05, 4.69) is 26.7 Å². The lowest BCUT2D eigenvalue weighted by Gasteiger charge is -2.37. The summed E-state index contributed by atoms with van der Waals surface area (Å²) in [5, 5.41) is 15.6. The molecule has 3 aromatic rings. The number of hydrogen-bond donors (Lipinski definition) is 2. The van der Waals surface area contributed by atoms with Crippen LogP contribution in [-0.2, 0) is 4.79 Å². The van der Waals surface area contributed by atoms with Crippen LogP contribution in [0, 0.1) is 11.8 Å². The number of carboxylic acids is 1. The van der Waals surface area contributed by atoms with Crippen molar-refractivity contribution >= 4 is 51.6 Å². The molecule has 182 valence electrons. The van der Waals surface area contributed by atoms with Gasteiger partial charge in [-0.25, -0.2) is 0 Å². The molecular weight excluding hydrogens is 490 g/mol. The number of carboxylic acid groups (broad SMARTS) is 1. The van der Waals surface area contributed by atoms with E-state index in [1.54, 1.807) is 24.6 Å². The average molecular weight is 520 g/mol. The number of ether oxygens (including phenoxy) is 1. The normalized spacial score (nSPS) is 19.9. The van der Waals surface area contributed by atoms with Gasteiger partial charge in [0, 0.05) is 46.7 Å². The van der Waals surface area contributed by atoms with Crippen LogP contribution in [0.15, 0.2) is 46.1 Å². The molecule has 3 N–H and O–H groups in total. The van der Waals surface area contributed by atoms with E-state index in [1.807, 2.05) is 30.0 Å². The molecule has 1 saturated heterocycles. The zero-order valence-corrected chi connectivity index (χ0v) is 21.5. The van der Waals surface area contributed by atoms with Crippen LogP contribution in [0.25, 0.3) is 10.9 Å². The number of fused-ring (bicyclic) bond motifs is 1. The summed E-state index contributed by atoms with van der Waals surface area (Å²) in [7, 11) is 1.62. The van der Waals surface area contributed by atoms with E-state index in [4.69, 9.17) is 22.1 Å². The molecule has 0 aliphatic carbocycles. The summed E-state index contributed by atoms with van der Waals surface area (Å²) in [4.78, 5) is 20.1. The molecule has 0 radical (unpaired) electrons. The summed E-state index contributed by atoms with van der Waals surface area (Å²) < 4.78 is 5.37. The maximum Gasteiger partial charge on any atom is 0.308 e. The molecule has 4 rings (SSSR count). The number of aliphatic carboxylic acids is 1. The Kier molecular flexibility index (Phi) is 8.71. The van der Waals surface area contributed by atoms with Gasteiger partial charge in [-0.1, -0.05) is 11.6 Å². The minimum atomic E-state index is -0.717. The molecule has 2 aromatic heterocycles. The number of hydrogen-bond acceptors (Lipinski definition) is 7. The third-order valence-electron chi connectivity index (χ3n) is 6.62. The molecule has 34 heavy (non-hydrogen) atoms. The van der Waals surface area contributed by atoms with Crippen molar-refractivity contribution < 1.29 is 14.6 Å². The number of thiophene rings is 1. The lowest BCUT2D eigenvalue weighted by atomic mass is 9.81. The van der Waals surface area contributed by atoms with E-state index in [0.717, 1.165) is 53.9 Å². The van der Waals surface area contributed by atoms with Crippen molar-refractivity contribution in [3.63, 3.8) is 0 Å². The fourth-order valence-electron chi connectivity index (χ4n) is 4.73. The molecule has 9 heteroatoms. The molecule has 3 heterocycles. The van der Waals surface area contributed by atoms with Crippen molar-refractivity contribution in [2.75, 3.05) is 32.5 Å². The second-order valence-corrected chi connectivity index (χ2v) is 11.0. The van der Waals surface area contributed by atoms with Crippen LogP contribution in [0.5, 0.6) is 5.75 Å². The highest BCUT2D eigenvalue weighted by Crippen LogP contribution is 2.36. The number of nitrogens with two attached hydrogens (primary N) is 1.